The summed E-state index contributed by atoms with van der Waals surface area (Å²) < 4.78 is 68.1. The molecule has 17 nitrogen and oxygen atoms in total. The lowest BCUT2D eigenvalue weighted by atomic mass is 9.99. The number of unbranched alkanes of at least 4 members (excludes halogenated alkanes) is 29. The molecule has 0 heterocycles. The van der Waals surface area contributed by atoms with E-state index < -0.39 is 97.5 Å². The molecule has 0 amide bonds. The zero-order valence-corrected chi connectivity index (χ0v) is 58.5. The maximum atomic E-state index is 13.0. The largest absolute Gasteiger partial charge is 0.472 e. The van der Waals surface area contributed by atoms with Crippen molar-refractivity contribution in [2.75, 3.05) is 39.6 Å². The first-order chi connectivity index (χ1) is 42.3. The summed E-state index contributed by atoms with van der Waals surface area (Å²) in [6.45, 7) is 11.7. The van der Waals surface area contributed by atoms with Crippen LogP contribution in [0.2, 0.25) is 0 Å². The van der Waals surface area contributed by atoms with E-state index in [1.54, 1.807) is 0 Å². The van der Waals surface area contributed by atoms with Crippen molar-refractivity contribution in [1.82, 2.24) is 0 Å². The highest BCUT2D eigenvalue weighted by molar-refractivity contribution is 7.47. The number of aliphatic hydroxyl groups is 1. The molecule has 88 heavy (non-hydrogen) atoms. The van der Waals surface area contributed by atoms with Crippen LogP contribution in [-0.4, -0.2) is 96.7 Å². The Morgan fingerprint density at radius 1 is 0.375 bits per heavy atom. The topological polar surface area (TPSA) is 237 Å². The minimum absolute atomic E-state index is 0.0834. The predicted molar refractivity (Wildman–Crippen MR) is 354 cm³/mol. The van der Waals surface area contributed by atoms with Gasteiger partial charge in [0, 0.05) is 25.7 Å². The molecule has 6 atom stereocenters. The highest BCUT2D eigenvalue weighted by Crippen LogP contribution is 2.45. The van der Waals surface area contributed by atoms with E-state index in [1.165, 1.54) is 109 Å². The number of allylic oxidation sites excluding steroid dienone is 4. The molecular weight excluding hydrogens is 1160 g/mol. The number of esters is 4. The Morgan fingerprint density at radius 2 is 0.670 bits per heavy atom. The first-order valence-corrected chi connectivity index (χ1v) is 38.2. The fraction of sp³-hybridized carbons (Fsp3) is 0.884. The van der Waals surface area contributed by atoms with Crippen molar-refractivity contribution in [1.29, 1.82) is 0 Å². The molecule has 0 radical (unpaired) electrons. The third-order valence-electron chi connectivity index (χ3n) is 15.6. The third kappa shape index (κ3) is 61.1. The number of carbonyl (C=O) groups is 4. The van der Waals surface area contributed by atoms with Gasteiger partial charge in [0.2, 0.25) is 0 Å². The van der Waals surface area contributed by atoms with Crippen molar-refractivity contribution in [2.45, 2.75) is 336 Å². The number of hydrogen-bond acceptors (Lipinski definition) is 15. The van der Waals surface area contributed by atoms with E-state index in [-0.39, 0.29) is 25.7 Å². The molecule has 0 saturated heterocycles. The molecule has 0 bridgehead atoms. The van der Waals surface area contributed by atoms with Gasteiger partial charge in [-0.15, -0.1) is 0 Å². The van der Waals surface area contributed by atoms with Crippen LogP contribution in [0.25, 0.3) is 0 Å². The third-order valence-corrected chi connectivity index (χ3v) is 17.5. The Hall–Kier alpha value is -2.46. The lowest BCUT2D eigenvalue weighted by Crippen LogP contribution is -2.30. The fourth-order valence-corrected chi connectivity index (χ4v) is 11.4. The zero-order chi connectivity index (χ0) is 65.2. The van der Waals surface area contributed by atoms with Gasteiger partial charge >= 0.3 is 39.5 Å². The fourth-order valence-electron chi connectivity index (χ4n) is 9.79. The second-order valence-electron chi connectivity index (χ2n) is 25.4. The van der Waals surface area contributed by atoms with Crippen molar-refractivity contribution in [3.05, 3.63) is 24.3 Å². The van der Waals surface area contributed by atoms with Gasteiger partial charge in [0.25, 0.3) is 0 Å². The summed E-state index contributed by atoms with van der Waals surface area (Å²) in [5.74, 6) is 0.0237. The SMILES string of the molecule is CCCCCC/C=C\C=C/CCCCCCCC(=O)O[C@H](COC(=O)CCCCCCCCC(C)C)COP(=O)(O)OC[C@H](O)COP(=O)(O)OC[C@@H](COC(=O)CCCCCCCCCCCC(C)C)OC(=O)CCCCCCCCCCC(C)CC. The summed E-state index contributed by atoms with van der Waals surface area (Å²) in [6, 6.07) is 0. The second-order valence-corrected chi connectivity index (χ2v) is 28.3. The summed E-state index contributed by atoms with van der Waals surface area (Å²) in [7, 11) is -9.91. The van der Waals surface area contributed by atoms with Gasteiger partial charge in [0.1, 0.15) is 19.3 Å². The average Bonchev–Trinajstić information content (AvgIpc) is 3.51. The number of aliphatic hydroxyl groups excluding tert-OH is 1. The van der Waals surface area contributed by atoms with Gasteiger partial charge in [0.05, 0.1) is 26.4 Å². The molecule has 518 valence electrons. The van der Waals surface area contributed by atoms with E-state index in [1.807, 2.05) is 0 Å². The second kappa shape index (κ2) is 59.5. The Morgan fingerprint density at radius 3 is 1.01 bits per heavy atom. The molecule has 0 fully saturated rings. The van der Waals surface area contributed by atoms with Gasteiger partial charge in [0.15, 0.2) is 12.2 Å². The number of phosphoric ester groups is 2. The molecule has 0 aromatic heterocycles. The number of rotatable bonds is 65. The number of hydrogen-bond donors (Lipinski definition) is 3. The summed E-state index contributed by atoms with van der Waals surface area (Å²) >= 11 is 0. The normalized spacial score (nSPS) is 14.7. The predicted octanol–water partition coefficient (Wildman–Crippen LogP) is 19.0. The van der Waals surface area contributed by atoms with Gasteiger partial charge in [-0.25, -0.2) is 9.13 Å². The maximum absolute atomic E-state index is 13.0. The lowest BCUT2D eigenvalue weighted by Gasteiger charge is -2.21. The van der Waals surface area contributed by atoms with E-state index in [4.69, 9.17) is 37.0 Å². The Labute approximate surface area is 535 Å². The number of phosphoric acid groups is 2. The van der Waals surface area contributed by atoms with E-state index in [0.29, 0.717) is 31.6 Å². The highest BCUT2D eigenvalue weighted by Gasteiger charge is 2.30. The van der Waals surface area contributed by atoms with Gasteiger partial charge in [-0.2, -0.15) is 0 Å². The zero-order valence-electron chi connectivity index (χ0n) is 56.7. The molecule has 0 rings (SSSR count). The monoisotopic (exact) mass is 1290 g/mol. The Kier molecular flexibility index (Phi) is 57.9. The van der Waals surface area contributed by atoms with E-state index in [2.05, 4.69) is 72.8 Å². The van der Waals surface area contributed by atoms with Crippen LogP contribution < -0.4 is 0 Å². The Bertz CT molecular complexity index is 1830. The molecule has 0 aromatic carbocycles. The molecular formula is C69H130O17P2. The van der Waals surface area contributed by atoms with E-state index >= 15 is 0 Å². The smallest absolute Gasteiger partial charge is 0.462 e. The van der Waals surface area contributed by atoms with Crippen LogP contribution in [0.4, 0.5) is 0 Å². The summed E-state index contributed by atoms with van der Waals surface area (Å²) in [6.07, 6.45) is 45.4. The molecule has 19 heteroatoms. The molecule has 0 aliphatic heterocycles. The first kappa shape index (κ1) is 85.5. The van der Waals surface area contributed by atoms with Crippen molar-refractivity contribution in [3.8, 4) is 0 Å². The van der Waals surface area contributed by atoms with Crippen molar-refractivity contribution in [2.24, 2.45) is 17.8 Å². The van der Waals surface area contributed by atoms with Crippen LogP contribution in [0.3, 0.4) is 0 Å². The molecule has 3 N–H and O–H groups in total. The van der Waals surface area contributed by atoms with Crippen LogP contribution in [0.15, 0.2) is 24.3 Å². The van der Waals surface area contributed by atoms with Gasteiger partial charge in [-0.1, -0.05) is 265 Å². The van der Waals surface area contributed by atoms with Crippen LogP contribution >= 0.6 is 15.6 Å². The standard InChI is InChI=1S/C69H130O17P2/c1-8-10-11-12-13-14-15-16-17-18-19-22-29-38-45-52-68(73)85-65(57-80-67(72)51-44-37-32-31-34-41-48-61(5)6)59-84-88(77,78)82-55-63(70)54-81-87(75,76)83-58-64(86-69(74)53-46-39-30-25-24-27-35-42-49-62(7)9-2)56-79-66(71)50-43-36-28-23-20-21-26-33-40-47-60(3)4/h14-17,60-65,70H,8-13,18-59H2,1-7H3,(H,75,76)(H,77,78)/b15-14-,17-16-/t62?,63-,64-,65-/m1/s1. The molecule has 0 saturated carbocycles. The van der Waals surface area contributed by atoms with Crippen LogP contribution in [0.5, 0.6) is 0 Å². The first-order valence-electron chi connectivity index (χ1n) is 35.2. The van der Waals surface area contributed by atoms with Crippen molar-refractivity contribution >= 4 is 39.5 Å². The van der Waals surface area contributed by atoms with Gasteiger partial charge < -0.3 is 33.8 Å². The van der Waals surface area contributed by atoms with E-state index in [9.17, 15) is 43.2 Å². The summed E-state index contributed by atoms with van der Waals surface area (Å²) in [5, 5.41) is 10.6. The van der Waals surface area contributed by atoms with Gasteiger partial charge in [-0.05, 0) is 69.1 Å². The Balaban J connectivity index is 5.29. The minimum Gasteiger partial charge on any atom is -0.462 e. The van der Waals surface area contributed by atoms with Crippen LogP contribution in [-0.2, 0) is 65.4 Å². The highest BCUT2D eigenvalue weighted by atomic mass is 31.2. The van der Waals surface area contributed by atoms with Crippen LogP contribution in [0, 0.1) is 17.8 Å². The quantitative estimate of drug-likeness (QED) is 0.0169. The molecule has 0 aliphatic carbocycles. The van der Waals surface area contributed by atoms with Gasteiger partial charge in [-0.3, -0.25) is 37.3 Å². The van der Waals surface area contributed by atoms with Crippen molar-refractivity contribution in [3.63, 3.8) is 0 Å². The molecule has 0 spiro atoms. The van der Waals surface area contributed by atoms with Crippen LogP contribution in [0.1, 0.15) is 318 Å². The van der Waals surface area contributed by atoms with E-state index in [0.717, 1.165) is 121 Å². The minimum atomic E-state index is -4.96. The van der Waals surface area contributed by atoms with Crippen molar-refractivity contribution < 1.29 is 80.2 Å². The average molecular weight is 1290 g/mol. The lowest BCUT2D eigenvalue weighted by molar-refractivity contribution is -0.161. The molecule has 3 unspecified atom stereocenters. The number of ether oxygens (including phenoxy) is 4. The molecule has 0 aliphatic rings. The summed E-state index contributed by atoms with van der Waals surface area (Å²) in [4.78, 5) is 72.4. The maximum Gasteiger partial charge on any atom is 0.472 e. The summed E-state index contributed by atoms with van der Waals surface area (Å²) in [5.41, 5.74) is 0. The number of carbonyl (C=O) groups excluding carboxylic acids is 4. The molecule has 0 aromatic rings.